The SMILES string of the molecule is Cc1cnc2c(=O)cc(CCc3cccc(F)c3F)n(CC(=O)N(Cc3ccc(-c4ccc(C(F)(F)F)cc4)cc3)C3CCN(C(C)C)CC3)c2c1. The molecule has 52 heavy (non-hydrogen) atoms. The summed E-state index contributed by atoms with van der Waals surface area (Å²) in [7, 11) is 0. The lowest BCUT2D eigenvalue weighted by atomic mass is 9.99. The minimum absolute atomic E-state index is 0.0626. The molecule has 0 saturated carbocycles. The van der Waals surface area contributed by atoms with E-state index in [9.17, 15) is 31.5 Å². The van der Waals surface area contributed by atoms with Gasteiger partial charge in [-0.3, -0.25) is 14.6 Å². The number of benzene rings is 3. The number of pyridine rings is 2. The van der Waals surface area contributed by atoms with Crippen molar-refractivity contribution in [2.75, 3.05) is 13.1 Å². The van der Waals surface area contributed by atoms with Gasteiger partial charge in [-0.05, 0) is 98.5 Å². The Bertz CT molecular complexity index is 2100. The van der Waals surface area contributed by atoms with E-state index in [0.717, 1.165) is 60.8 Å². The Morgan fingerprint density at radius 2 is 1.58 bits per heavy atom. The first-order valence-electron chi connectivity index (χ1n) is 17.5. The van der Waals surface area contributed by atoms with Gasteiger partial charge in [0.1, 0.15) is 12.1 Å². The maximum Gasteiger partial charge on any atom is 0.416 e. The zero-order valence-corrected chi connectivity index (χ0v) is 29.4. The van der Waals surface area contributed by atoms with Crippen LogP contribution in [0.5, 0.6) is 0 Å². The van der Waals surface area contributed by atoms with Crippen LogP contribution in [0, 0.1) is 18.6 Å². The van der Waals surface area contributed by atoms with Crippen LogP contribution in [-0.2, 0) is 36.9 Å². The number of alkyl halides is 3. The molecule has 1 fully saturated rings. The molecule has 3 heterocycles. The Balaban J connectivity index is 1.31. The number of halogens is 5. The summed E-state index contributed by atoms with van der Waals surface area (Å²) in [6, 6.07) is 20.0. The number of carbonyl (C=O) groups excluding carboxylic acids is 1. The molecule has 6 rings (SSSR count). The fraction of sp³-hybridized carbons (Fsp3) is 0.341. The first-order chi connectivity index (χ1) is 24.8. The summed E-state index contributed by atoms with van der Waals surface area (Å²) in [6.45, 7) is 8.00. The van der Waals surface area contributed by atoms with Crippen LogP contribution in [0.4, 0.5) is 22.0 Å². The zero-order valence-electron chi connectivity index (χ0n) is 29.4. The molecule has 1 saturated heterocycles. The van der Waals surface area contributed by atoms with Gasteiger partial charge >= 0.3 is 6.18 Å². The van der Waals surface area contributed by atoms with Gasteiger partial charge in [-0.2, -0.15) is 13.2 Å². The molecule has 3 aromatic carbocycles. The third-order valence-corrected chi connectivity index (χ3v) is 9.99. The summed E-state index contributed by atoms with van der Waals surface area (Å²) < 4.78 is 69.7. The largest absolute Gasteiger partial charge is 0.416 e. The predicted molar refractivity (Wildman–Crippen MR) is 192 cm³/mol. The molecule has 0 aliphatic carbocycles. The molecule has 0 unspecified atom stereocenters. The number of piperidine rings is 1. The van der Waals surface area contributed by atoms with Crippen LogP contribution in [0.25, 0.3) is 22.2 Å². The lowest BCUT2D eigenvalue weighted by molar-refractivity contribution is -0.137. The lowest BCUT2D eigenvalue weighted by Crippen LogP contribution is -2.49. The second kappa shape index (κ2) is 15.4. The average Bonchev–Trinajstić information content (AvgIpc) is 3.12. The molecule has 2 aromatic heterocycles. The second-order valence-corrected chi connectivity index (χ2v) is 13.8. The van der Waals surface area contributed by atoms with Gasteiger partial charge in [-0.1, -0.05) is 48.5 Å². The average molecular weight is 717 g/mol. The van der Waals surface area contributed by atoms with E-state index in [4.69, 9.17) is 0 Å². The van der Waals surface area contributed by atoms with Crippen molar-refractivity contribution in [1.29, 1.82) is 0 Å². The third-order valence-electron chi connectivity index (χ3n) is 9.99. The summed E-state index contributed by atoms with van der Waals surface area (Å²) in [4.78, 5) is 36.4. The van der Waals surface area contributed by atoms with Gasteiger partial charge in [0.05, 0.1) is 11.1 Å². The molecule has 0 radical (unpaired) electrons. The molecular formula is C41H41F5N4O2. The Kier molecular flexibility index (Phi) is 10.9. The van der Waals surface area contributed by atoms with Crippen LogP contribution in [-0.4, -0.2) is 50.4 Å². The van der Waals surface area contributed by atoms with E-state index < -0.39 is 23.4 Å². The Morgan fingerprint density at radius 1 is 0.923 bits per heavy atom. The molecule has 5 aromatic rings. The number of fused-ring (bicyclic) bond motifs is 1. The summed E-state index contributed by atoms with van der Waals surface area (Å²) in [6.07, 6.45) is -0.979. The second-order valence-electron chi connectivity index (χ2n) is 13.8. The number of amides is 1. The Morgan fingerprint density at radius 3 is 2.21 bits per heavy atom. The minimum Gasteiger partial charge on any atom is -0.334 e. The van der Waals surface area contributed by atoms with Crippen molar-refractivity contribution in [2.45, 2.75) is 77.8 Å². The smallest absolute Gasteiger partial charge is 0.334 e. The predicted octanol–water partition coefficient (Wildman–Crippen LogP) is 8.36. The van der Waals surface area contributed by atoms with Crippen LogP contribution in [0.15, 0.2) is 89.9 Å². The molecule has 0 bridgehead atoms. The topological polar surface area (TPSA) is 58.4 Å². The van der Waals surface area contributed by atoms with E-state index in [-0.39, 0.29) is 47.8 Å². The van der Waals surface area contributed by atoms with Gasteiger partial charge in [0.15, 0.2) is 11.6 Å². The van der Waals surface area contributed by atoms with Gasteiger partial charge in [0, 0.05) is 49.7 Å². The van der Waals surface area contributed by atoms with Crippen molar-refractivity contribution in [3.63, 3.8) is 0 Å². The number of aryl methyl sites for hydroxylation is 3. The van der Waals surface area contributed by atoms with Crippen molar-refractivity contribution >= 4 is 16.9 Å². The quantitative estimate of drug-likeness (QED) is 0.136. The Labute approximate surface area is 299 Å². The van der Waals surface area contributed by atoms with Crippen molar-refractivity contribution in [1.82, 2.24) is 19.4 Å². The molecule has 0 spiro atoms. The molecule has 1 amide bonds. The van der Waals surface area contributed by atoms with Crippen LogP contribution >= 0.6 is 0 Å². The zero-order chi connectivity index (χ0) is 37.2. The number of hydrogen-bond acceptors (Lipinski definition) is 4. The maximum atomic E-state index is 14.6. The summed E-state index contributed by atoms with van der Waals surface area (Å²) in [5.74, 6) is -2.05. The summed E-state index contributed by atoms with van der Waals surface area (Å²) in [5, 5.41) is 0. The van der Waals surface area contributed by atoms with E-state index in [1.165, 1.54) is 30.3 Å². The molecular weight excluding hydrogens is 675 g/mol. The van der Waals surface area contributed by atoms with Crippen LogP contribution < -0.4 is 5.43 Å². The van der Waals surface area contributed by atoms with E-state index >= 15 is 0 Å². The standard InChI is InChI=1S/C41H41F5N4O2/c1-26(2)48-19-17-33(18-20-48)50(24-28-7-9-29(10-8-28)30-11-14-32(15-12-30)41(44,45)46)38(52)25-49-34(16-13-31-5-4-6-35(42)39(31)43)22-37(51)40-36(49)21-27(3)23-47-40/h4-12,14-15,21-23,26,33H,13,16-20,24-25H2,1-3H3. The number of nitrogens with zero attached hydrogens (tertiary/aromatic N) is 4. The summed E-state index contributed by atoms with van der Waals surface area (Å²) in [5.41, 5.74) is 3.42. The van der Waals surface area contributed by atoms with E-state index in [2.05, 4.69) is 23.7 Å². The molecule has 272 valence electrons. The van der Waals surface area contributed by atoms with Gasteiger partial charge in [0.2, 0.25) is 11.3 Å². The lowest BCUT2D eigenvalue weighted by Gasteiger charge is -2.40. The third kappa shape index (κ3) is 8.25. The fourth-order valence-corrected chi connectivity index (χ4v) is 7.01. The van der Waals surface area contributed by atoms with Crippen molar-refractivity contribution < 1.29 is 26.7 Å². The number of rotatable bonds is 10. The van der Waals surface area contributed by atoms with Crippen molar-refractivity contribution in [2.24, 2.45) is 0 Å². The normalized spacial score (nSPS) is 14.3. The molecule has 11 heteroatoms. The molecule has 0 atom stereocenters. The van der Waals surface area contributed by atoms with Gasteiger partial charge in [-0.25, -0.2) is 8.78 Å². The van der Waals surface area contributed by atoms with Gasteiger partial charge in [-0.15, -0.1) is 0 Å². The first-order valence-corrected chi connectivity index (χ1v) is 17.5. The molecule has 0 N–H and O–H groups in total. The van der Waals surface area contributed by atoms with Crippen molar-refractivity contribution in [3.8, 4) is 11.1 Å². The van der Waals surface area contributed by atoms with Crippen LogP contribution in [0.1, 0.15) is 54.6 Å². The van der Waals surface area contributed by atoms with E-state index in [0.29, 0.717) is 29.4 Å². The molecule has 6 nitrogen and oxygen atoms in total. The highest BCUT2D eigenvalue weighted by molar-refractivity contribution is 5.81. The number of hydrogen-bond donors (Lipinski definition) is 0. The fourth-order valence-electron chi connectivity index (χ4n) is 7.01. The molecule has 1 aliphatic heterocycles. The van der Waals surface area contributed by atoms with E-state index in [1.807, 2.05) is 42.2 Å². The summed E-state index contributed by atoms with van der Waals surface area (Å²) >= 11 is 0. The maximum absolute atomic E-state index is 14.6. The highest BCUT2D eigenvalue weighted by Gasteiger charge is 2.31. The van der Waals surface area contributed by atoms with Crippen molar-refractivity contribution in [3.05, 3.63) is 135 Å². The number of aromatic nitrogens is 2. The highest BCUT2D eigenvalue weighted by Crippen LogP contribution is 2.31. The molecule has 1 aliphatic rings. The highest BCUT2D eigenvalue weighted by atomic mass is 19.4. The monoisotopic (exact) mass is 716 g/mol. The number of likely N-dealkylation sites (tertiary alicyclic amines) is 1. The first kappa shape index (κ1) is 36.9. The van der Waals surface area contributed by atoms with Gasteiger partial charge < -0.3 is 14.4 Å². The minimum atomic E-state index is -4.42. The Hall–Kier alpha value is -4.90. The van der Waals surface area contributed by atoms with Gasteiger partial charge in [0.25, 0.3) is 0 Å². The van der Waals surface area contributed by atoms with Crippen LogP contribution in [0.2, 0.25) is 0 Å². The van der Waals surface area contributed by atoms with Crippen LogP contribution in [0.3, 0.4) is 0 Å². The number of carbonyl (C=O) groups is 1. The van der Waals surface area contributed by atoms with E-state index in [1.54, 1.807) is 10.8 Å².